The fraction of sp³-hybridized carbons (Fsp3) is 0.316. The van der Waals surface area contributed by atoms with Crippen LogP contribution in [0.5, 0.6) is 5.75 Å². The number of carbonyl (C=O) groups excluding carboxylic acids is 2. The van der Waals surface area contributed by atoms with Crippen molar-refractivity contribution in [3.63, 3.8) is 0 Å². The van der Waals surface area contributed by atoms with Gasteiger partial charge < -0.3 is 19.9 Å². The largest absolute Gasteiger partial charge is 0.497 e. The Morgan fingerprint density at radius 2 is 1.81 bits per heavy atom. The Hall–Kier alpha value is -3.09. The Kier molecular flexibility index (Phi) is 6.54. The second-order valence-electron chi connectivity index (χ2n) is 5.79. The van der Waals surface area contributed by atoms with Crippen LogP contribution in [0.2, 0.25) is 0 Å². The summed E-state index contributed by atoms with van der Waals surface area (Å²) in [4.78, 5) is 33.9. The lowest BCUT2D eigenvalue weighted by atomic mass is 10.0. The molecule has 2 N–H and O–H groups in total. The summed E-state index contributed by atoms with van der Waals surface area (Å²) in [6, 6.07) is 11.6. The number of esters is 1. The van der Waals surface area contributed by atoms with Crippen LogP contribution >= 0.6 is 0 Å². The lowest BCUT2D eigenvalue weighted by Gasteiger charge is -2.12. The minimum Gasteiger partial charge on any atom is -0.497 e. The van der Waals surface area contributed by atoms with E-state index in [4.69, 9.17) is 14.6 Å². The molecule has 2 rings (SSSR count). The van der Waals surface area contributed by atoms with Gasteiger partial charge in [0.1, 0.15) is 12.3 Å². The van der Waals surface area contributed by atoms with Crippen molar-refractivity contribution in [3.8, 4) is 5.75 Å². The van der Waals surface area contributed by atoms with E-state index in [0.717, 1.165) is 22.1 Å². The van der Waals surface area contributed by atoms with Gasteiger partial charge in [0.2, 0.25) is 0 Å². The number of aryl methyl sites for hydroxylation is 1. The van der Waals surface area contributed by atoms with Crippen molar-refractivity contribution in [3.05, 3.63) is 42.0 Å². The molecule has 2 aromatic rings. The standard InChI is InChI=1S/C19H21NO6/c1-12(19(24)20-11-17(21)22)26-18(23)8-4-13-3-5-15-10-16(25-2)7-6-14(15)9-13/h3,5-7,9-10,12H,4,8,11H2,1-2H3,(H,20,24)(H,21,22)/t12-/m0/s1. The molecule has 1 atom stereocenters. The summed E-state index contributed by atoms with van der Waals surface area (Å²) in [5.74, 6) is -1.53. The van der Waals surface area contributed by atoms with E-state index >= 15 is 0 Å². The molecule has 0 aliphatic rings. The van der Waals surface area contributed by atoms with Crippen molar-refractivity contribution in [1.29, 1.82) is 0 Å². The third-order valence-corrected chi connectivity index (χ3v) is 3.82. The molecule has 0 heterocycles. The number of ether oxygens (including phenoxy) is 2. The second-order valence-corrected chi connectivity index (χ2v) is 5.79. The van der Waals surface area contributed by atoms with Crippen LogP contribution in [-0.4, -0.2) is 42.7 Å². The van der Waals surface area contributed by atoms with Crippen molar-refractivity contribution >= 4 is 28.6 Å². The summed E-state index contributed by atoms with van der Waals surface area (Å²) >= 11 is 0. The fourth-order valence-electron chi connectivity index (χ4n) is 2.42. The molecule has 0 aliphatic carbocycles. The molecule has 0 saturated carbocycles. The van der Waals surface area contributed by atoms with E-state index < -0.39 is 30.5 Å². The lowest BCUT2D eigenvalue weighted by molar-refractivity contribution is -0.155. The van der Waals surface area contributed by atoms with Gasteiger partial charge in [-0.2, -0.15) is 0 Å². The van der Waals surface area contributed by atoms with Crippen molar-refractivity contribution in [2.45, 2.75) is 25.9 Å². The lowest BCUT2D eigenvalue weighted by Crippen LogP contribution is -2.38. The zero-order valence-corrected chi connectivity index (χ0v) is 14.7. The molecule has 26 heavy (non-hydrogen) atoms. The zero-order chi connectivity index (χ0) is 19.1. The minimum atomic E-state index is -1.16. The number of hydrogen-bond donors (Lipinski definition) is 2. The van der Waals surface area contributed by atoms with E-state index in [1.54, 1.807) is 7.11 Å². The second kappa shape index (κ2) is 8.84. The highest BCUT2D eigenvalue weighted by atomic mass is 16.5. The van der Waals surface area contributed by atoms with E-state index in [1.165, 1.54) is 6.92 Å². The number of benzene rings is 2. The smallest absolute Gasteiger partial charge is 0.322 e. The third kappa shape index (κ3) is 5.47. The number of carbonyl (C=O) groups is 3. The molecule has 7 heteroatoms. The first-order valence-electron chi connectivity index (χ1n) is 8.14. The first-order chi connectivity index (χ1) is 12.4. The van der Waals surface area contributed by atoms with Crippen molar-refractivity contribution in [1.82, 2.24) is 5.32 Å². The summed E-state index contributed by atoms with van der Waals surface area (Å²) in [5.41, 5.74) is 0.975. The molecule has 0 saturated heterocycles. The summed E-state index contributed by atoms with van der Waals surface area (Å²) in [5, 5.41) is 12.8. The topological polar surface area (TPSA) is 102 Å². The molecular formula is C19H21NO6. The molecular weight excluding hydrogens is 338 g/mol. The van der Waals surface area contributed by atoms with Gasteiger partial charge in [-0.3, -0.25) is 14.4 Å². The molecule has 1 amide bonds. The average molecular weight is 359 g/mol. The van der Waals surface area contributed by atoms with Crippen LogP contribution in [0.1, 0.15) is 18.9 Å². The van der Waals surface area contributed by atoms with Crippen LogP contribution in [0.4, 0.5) is 0 Å². The quantitative estimate of drug-likeness (QED) is 0.698. The van der Waals surface area contributed by atoms with Gasteiger partial charge in [0.15, 0.2) is 6.10 Å². The van der Waals surface area contributed by atoms with Crippen LogP contribution in [0.25, 0.3) is 10.8 Å². The van der Waals surface area contributed by atoms with Gasteiger partial charge in [-0.1, -0.05) is 24.3 Å². The number of fused-ring (bicyclic) bond motifs is 1. The fourth-order valence-corrected chi connectivity index (χ4v) is 2.42. The molecule has 0 bridgehead atoms. The first kappa shape index (κ1) is 19.2. The molecule has 7 nitrogen and oxygen atoms in total. The number of rotatable bonds is 8. The zero-order valence-electron chi connectivity index (χ0n) is 14.7. The molecule has 0 radical (unpaired) electrons. The normalized spacial score (nSPS) is 11.6. The van der Waals surface area contributed by atoms with Gasteiger partial charge >= 0.3 is 11.9 Å². The number of methoxy groups -OCH3 is 1. The highest BCUT2D eigenvalue weighted by Gasteiger charge is 2.18. The van der Waals surface area contributed by atoms with Crippen molar-refractivity contribution in [2.75, 3.05) is 13.7 Å². The predicted molar refractivity (Wildman–Crippen MR) is 95.0 cm³/mol. The Labute approximate surface area is 150 Å². The molecule has 0 unspecified atom stereocenters. The van der Waals surface area contributed by atoms with Crippen LogP contribution in [-0.2, 0) is 25.5 Å². The van der Waals surface area contributed by atoms with Gasteiger partial charge in [0, 0.05) is 6.42 Å². The molecule has 138 valence electrons. The Morgan fingerprint density at radius 1 is 1.12 bits per heavy atom. The maximum Gasteiger partial charge on any atom is 0.322 e. The maximum atomic E-state index is 11.9. The number of nitrogens with one attached hydrogen (secondary N) is 1. The Balaban J connectivity index is 1.87. The van der Waals surface area contributed by atoms with Crippen LogP contribution in [0.3, 0.4) is 0 Å². The predicted octanol–water partition coefficient (Wildman–Crippen LogP) is 1.91. The molecule has 0 spiro atoms. The van der Waals surface area contributed by atoms with E-state index in [0.29, 0.717) is 6.42 Å². The van der Waals surface area contributed by atoms with Crippen LogP contribution in [0, 0.1) is 0 Å². The van der Waals surface area contributed by atoms with Gasteiger partial charge in [-0.05, 0) is 41.8 Å². The number of carboxylic acids is 1. The Bertz CT molecular complexity index is 817. The summed E-state index contributed by atoms with van der Waals surface area (Å²) in [6.45, 7) is 0.890. The van der Waals surface area contributed by atoms with Crippen molar-refractivity contribution < 1.29 is 29.0 Å². The van der Waals surface area contributed by atoms with Crippen LogP contribution < -0.4 is 10.1 Å². The number of hydrogen-bond acceptors (Lipinski definition) is 5. The minimum absolute atomic E-state index is 0.123. The van der Waals surface area contributed by atoms with E-state index in [-0.39, 0.29) is 6.42 Å². The number of aliphatic carboxylic acids is 1. The summed E-state index contributed by atoms with van der Waals surface area (Å²) < 4.78 is 10.2. The highest BCUT2D eigenvalue weighted by molar-refractivity contribution is 5.86. The third-order valence-electron chi connectivity index (χ3n) is 3.82. The van der Waals surface area contributed by atoms with Gasteiger partial charge in [0.05, 0.1) is 7.11 Å². The molecule has 0 fully saturated rings. The number of carboxylic acid groups (broad SMARTS) is 1. The maximum absolute atomic E-state index is 11.9. The highest BCUT2D eigenvalue weighted by Crippen LogP contribution is 2.22. The summed E-state index contributed by atoms with van der Waals surface area (Å²) in [7, 11) is 1.62. The SMILES string of the molecule is COc1ccc2cc(CCC(=O)O[C@@H](C)C(=O)NCC(=O)O)ccc2c1. The van der Waals surface area contributed by atoms with Gasteiger partial charge in [-0.25, -0.2) is 0 Å². The van der Waals surface area contributed by atoms with Gasteiger partial charge in [-0.15, -0.1) is 0 Å². The monoisotopic (exact) mass is 359 g/mol. The first-order valence-corrected chi connectivity index (χ1v) is 8.14. The average Bonchev–Trinajstić information content (AvgIpc) is 2.63. The van der Waals surface area contributed by atoms with Crippen LogP contribution in [0.15, 0.2) is 36.4 Å². The van der Waals surface area contributed by atoms with Crippen molar-refractivity contribution in [2.24, 2.45) is 0 Å². The molecule has 2 aromatic carbocycles. The van der Waals surface area contributed by atoms with E-state index in [2.05, 4.69) is 5.32 Å². The van der Waals surface area contributed by atoms with E-state index in [9.17, 15) is 14.4 Å². The summed E-state index contributed by atoms with van der Waals surface area (Å²) in [6.07, 6.45) is -0.437. The Morgan fingerprint density at radius 3 is 2.50 bits per heavy atom. The molecule has 0 aliphatic heterocycles. The number of amides is 1. The van der Waals surface area contributed by atoms with E-state index in [1.807, 2.05) is 36.4 Å². The molecule has 0 aromatic heterocycles. The van der Waals surface area contributed by atoms with Gasteiger partial charge in [0.25, 0.3) is 5.91 Å².